The third-order valence-electron chi connectivity index (χ3n) is 2.95. The lowest BCUT2D eigenvalue weighted by Gasteiger charge is -2.15. The lowest BCUT2D eigenvalue weighted by molar-refractivity contribution is 0.311. The maximum atomic E-state index is 9.78. The Morgan fingerprint density at radius 1 is 1.10 bits per heavy atom. The van der Waals surface area contributed by atoms with E-state index in [2.05, 4.69) is 10.6 Å². The van der Waals surface area contributed by atoms with Crippen LogP contribution in [0.3, 0.4) is 0 Å². The summed E-state index contributed by atoms with van der Waals surface area (Å²) in [4.78, 5) is 0. The van der Waals surface area contributed by atoms with Gasteiger partial charge in [0, 0.05) is 24.0 Å². The molecule has 0 unspecified atom stereocenters. The predicted octanol–water partition coefficient (Wildman–Crippen LogP) is 2.43. The molecule has 0 aliphatic rings. The summed E-state index contributed by atoms with van der Waals surface area (Å²) in [6, 6.07) is 10.9. The first-order chi connectivity index (χ1) is 9.60. The SMILES string of the molecule is Cc1cc(Nc2ccc(N)cc2)c(NCCO)cc1O. The van der Waals surface area contributed by atoms with E-state index < -0.39 is 0 Å². The van der Waals surface area contributed by atoms with Crippen molar-refractivity contribution >= 4 is 22.7 Å². The molecule has 5 nitrogen and oxygen atoms in total. The lowest BCUT2D eigenvalue weighted by Crippen LogP contribution is -2.07. The molecule has 2 aromatic carbocycles. The fraction of sp³-hybridized carbons (Fsp3) is 0.200. The Morgan fingerprint density at radius 2 is 1.80 bits per heavy atom. The van der Waals surface area contributed by atoms with Crippen LogP contribution in [-0.2, 0) is 0 Å². The Hall–Kier alpha value is -2.40. The third kappa shape index (κ3) is 3.33. The molecule has 0 aliphatic carbocycles. The van der Waals surface area contributed by atoms with Gasteiger partial charge in [-0.25, -0.2) is 0 Å². The Kier molecular flexibility index (Phi) is 4.32. The van der Waals surface area contributed by atoms with Crippen LogP contribution in [0, 0.1) is 6.92 Å². The van der Waals surface area contributed by atoms with E-state index in [9.17, 15) is 5.11 Å². The van der Waals surface area contributed by atoms with Gasteiger partial charge in [0.1, 0.15) is 5.75 Å². The second kappa shape index (κ2) is 6.16. The summed E-state index contributed by atoms with van der Waals surface area (Å²) in [6.45, 7) is 2.27. The van der Waals surface area contributed by atoms with Crippen LogP contribution in [0.4, 0.5) is 22.7 Å². The van der Waals surface area contributed by atoms with Crippen LogP contribution < -0.4 is 16.4 Å². The normalized spacial score (nSPS) is 10.3. The summed E-state index contributed by atoms with van der Waals surface area (Å²) in [5.41, 5.74) is 9.61. The maximum Gasteiger partial charge on any atom is 0.120 e. The van der Waals surface area contributed by atoms with E-state index in [4.69, 9.17) is 10.8 Å². The average molecular weight is 273 g/mol. The highest BCUT2D eigenvalue weighted by molar-refractivity contribution is 5.77. The number of hydrogen-bond donors (Lipinski definition) is 5. The molecule has 0 aromatic heterocycles. The number of nitrogens with one attached hydrogen (secondary N) is 2. The molecule has 0 spiro atoms. The lowest BCUT2D eigenvalue weighted by atomic mass is 10.1. The third-order valence-corrected chi connectivity index (χ3v) is 2.95. The highest BCUT2D eigenvalue weighted by atomic mass is 16.3. The smallest absolute Gasteiger partial charge is 0.120 e. The standard InChI is InChI=1S/C15H19N3O2/c1-10-8-14(13(9-15(10)20)17-6-7-19)18-12-4-2-11(16)3-5-12/h2-5,8-9,17-20H,6-7,16H2,1H3. The van der Waals surface area contributed by atoms with E-state index in [1.807, 2.05) is 37.3 Å². The number of phenolic OH excluding ortho intramolecular Hbond substituents is 1. The minimum atomic E-state index is 0.0238. The average Bonchev–Trinajstić information content (AvgIpc) is 2.43. The van der Waals surface area contributed by atoms with Crippen molar-refractivity contribution in [2.45, 2.75) is 6.92 Å². The zero-order valence-electron chi connectivity index (χ0n) is 11.4. The fourth-order valence-electron chi connectivity index (χ4n) is 1.86. The molecule has 2 aromatic rings. The zero-order valence-corrected chi connectivity index (χ0v) is 11.4. The van der Waals surface area contributed by atoms with Crippen LogP contribution in [-0.4, -0.2) is 23.4 Å². The Labute approximate surface area is 118 Å². The maximum absolute atomic E-state index is 9.78. The summed E-state index contributed by atoms with van der Waals surface area (Å²) in [6.07, 6.45) is 0. The molecule has 0 fully saturated rings. The highest BCUT2D eigenvalue weighted by Gasteiger charge is 2.07. The van der Waals surface area contributed by atoms with Crippen molar-refractivity contribution < 1.29 is 10.2 Å². The molecule has 0 saturated carbocycles. The molecule has 5 heteroatoms. The number of nitrogen functional groups attached to an aromatic ring is 1. The number of aromatic hydroxyl groups is 1. The molecular weight excluding hydrogens is 254 g/mol. The van der Waals surface area contributed by atoms with Gasteiger partial charge in [0.25, 0.3) is 0 Å². The monoisotopic (exact) mass is 273 g/mol. The topological polar surface area (TPSA) is 90.5 Å². The highest BCUT2D eigenvalue weighted by Crippen LogP contribution is 2.32. The Balaban J connectivity index is 2.28. The van der Waals surface area contributed by atoms with Crippen LogP contribution in [0.5, 0.6) is 5.75 Å². The van der Waals surface area contributed by atoms with Crippen molar-refractivity contribution in [2.75, 3.05) is 29.5 Å². The molecular formula is C15H19N3O2. The molecule has 0 heterocycles. The minimum Gasteiger partial charge on any atom is -0.508 e. The number of benzene rings is 2. The van der Waals surface area contributed by atoms with Gasteiger partial charge in [0.15, 0.2) is 0 Å². The number of hydrogen-bond acceptors (Lipinski definition) is 5. The van der Waals surface area contributed by atoms with Gasteiger partial charge in [-0.15, -0.1) is 0 Å². The summed E-state index contributed by atoms with van der Waals surface area (Å²) in [5.74, 6) is 0.216. The molecule has 106 valence electrons. The molecule has 0 aliphatic heterocycles. The van der Waals surface area contributed by atoms with Crippen LogP contribution in [0.15, 0.2) is 36.4 Å². The van der Waals surface area contributed by atoms with Crippen molar-refractivity contribution in [3.05, 3.63) is 42.0 Å². The first kappa shape index (κ1) is 14.0. The van der Waals surface area contributed by atoms with Gasteiger partial charge in [-0.05, 0) is 42.8 Å². The number of rotatable bonds is 5. The summed E-state index contributed by atoms with van der Waals surface area (Å²) in [7, 11) is 0. The van der Waals surface area contributed by atoms with Gasteiger partial charge in [0.05, 0.1) is 18.0 Å². The van der Waals surface area contributed by atoms with E-state index in [1.54, 1.807) is 6.07 Å². The number of anilines is 4. The van der Waals surface area contributed by atoms with Gasteiger partial charge in [-0.1, -0.05) is 0 Å². The number of aliphatic hydroxyl groups is 1. The van der Waals surface area contributed by atoms with Crippen molar-refractivity contribution in [1.82, 2.24) is 0 Å². The number of phenols is 1. The molecule has 0 atom stereocenters. The molecule has 6 N–H and O–H groups in total. The van der Waals surface area contributed by atoms with E-state index in [0.717, 1.165) is 22.6 Å². The van der Waals surface area contributed by atoms with Gasteiger partial charge in [0.2, 0.25) is 0 Å². The second-order valence-corrected chi connectivity index (χ2v) is 4.58. The fourth-order valence-corrected chi connectivity index (χ4v) is 1.86. The Morgan fingerprint density at radius 3 is 2.45 bits per heavy atom. The van der Waals surface area contributed by atoms with Crippen molar-refractivity contribution in [1.29, 1.82) is 0 Å². The molecule has 0 saturated heterocycles. The quantitative estimate of drug-likeness (QED) is 0.426. The molecule has 0 amide bonds. The van der Waals surface area contributed by atoms with Gasteiger partial charge in [-0.3, -0.25) is 0 Å². The molecule has 20 heavy (non-hydrogen) atoms. The van der Waals surface area contributed by atoms with E-state index >= 15 is 0 Å². The summed E-state index contributed by atoms with van der Waals surface area (Å²) in [5, 5.41) is 25.0. The Bertz CT molecular complexity index is 582. The van der Waals surface area contributed by atoms with Crippen molar-refractivity contribution in [3.63, 3.8) is 0 Å². The van der Waals surface area contributed by atoms with E-state index in [0.29, 0.717) is 12.2 Å². The molecule has 2 rings (SSSR count). The van der Waals surface area contributed by atoms with Crippen LogP contribution in [0.25, 0.3) is 0 Å². The predicted molar refractivity (Wildman–Crippen MR) is 82.6 cm³/mol. The number of nitrogens with two attached hydrogens (primary N) is 1. The van der Waals surface area contributed by atoms with Gasteiger partial charge >= 0.3 is 0 Å². The minimum absolute atomic E-state index is 0.0238. The summed E-state index contributed by atoms with van der Waals surface area (Å²) < 4.78 is 0. The van der Waals surface area contributed by atoms with Crippen LogP contribution in [0.1, 0.15) is 5.56 Å². The van der Waals surface area contributed by atoms with Crippen LogP contribution in [0.2, 0.25) is 0 Å². The van der Waals surface area contributed by atoms with Gasteiger partial charge < -0.3 is 26.6 Å². The number of aryl methyl sites for hydroxylation is 1. The number of aliphatic hydroxyl groups excluding tert-OH is 1. The first-order valence-corrected chi connectivity index (χ1v) is 6.41. The molecule has 0 radical (unpaired) electrons. The second-order valence-electron chi connectivity index (χ2n) is 4.58. The van der Waals surface area contributed by atoms with Crippen molar-refractivity contribution in [3.8, 4) is 5.75 Å². The van der Waals surface area contributed by atoms with Crippen LogP contribution >= 0.6 is 0 Å². The summed E-state index contributed by atoms with van der Waals surface area (Å²) >= 11 is 0. The van der Waals surface area contributed by atoms with Crippen molar-refractivity contribution in [2.24, 2.45) is 0 Å². The first-order valence-electron chi connectivity index (χ1n) is 6.41. The molecule has 0 bridgehead atoms. The van der Waals surface area contributed by atoms with Gasteiger partial charge in [-0.2, -0.15) is 0 Å². The largest absolute Gasteiger partial charge is 0.508 e. The zero-order chi connectivity index (χ0) is 14.5. The van der Waals surface area contributed by atoms with E-state index in [-0.39, 0.29) is 12.4 Å². The van der Waals surface area contributed by atoms with E-state index in [1.165, 1.54) is 0 Å².